The number of hydrogen-bond donors (Lipinski definition) is 2. The van der Waals surface area contributed by atoms with Crippen LogP contribution in [0.2, 0.25) is 0 Å². The molecule has 0 saturated carbocycles. The molecule has 0 bridgehead atoms. The summed E-state index contributed by atoms with van der Waals surface area (Å²) in [6, 6.07) is 5.43. The first-order chi connectivity index (χ1) is 9.20. The van der Waals surface area contributed by atoms with Gasteiger partial charge < -0.3 is 20.1 Å². The van der Waals surface area contributed by atoms with Crippen LogP contribution in [0.4, 0.5) is 5.69 Å². The molecule has 1 fully saturated rings. The van der Waals surface area contributed by atoms with Crippen molar-refractivity contribution in [3.8, 4) is 5.75 Å². The van der Waals surface area contributed by atoms with Gasteiger partial charge in [0.25, 0.3) is 0 Å². The number of ether oxygens (including phenoxy) is 2. The number of hydrogen-bond acceptors (Lipinski definition) is 4. The molecule has 1 atom stereocenters. The quantitative estimate of drug-likeness (QED) is 0.861. The number of morpholine rings is 1. The standard InChI is InChI=1S/C14H20N2O3/c1-3-19-13-8-10(2)4-5-11(13)16-14(17)12-9-18-7-6-15-12/h4-5,8,12,15H,3,6-7,9H2,1-2H3,(H,16,17). The summed E-state index contributed by atoms with van der Waals surface area (Å²) < 4.78 is 10.8. The van der Waals surface area contributed by atoms with Gasteiger partial charge in [0, 0.05) is 6.54 Å². The summed E-state index contributed by atoms with van der Waals surface area (Å²) in [6.07, 6.45) is 0. The topological polar surface area (TPSA) is 59.6 Å². The third-order valence-electron chi connectivity index (χ3n) is 2.93. The van der Waals surface area contributed by atoms with E-state index in [1.165, 1.54) is 0 Å². The number of carbonyl (C=O) groups excluding carboxylic acids is 1. The Morgan fingerprint density at radius 1 is 1.58 bits per heavy atom. The molecule has 5 nitrogen and oxygen atoms in total. The first-order valence-electron chi connectivity index (χ1n) is 6.56. The number of nitrogens with one attached hydrogen (secondary N) is 2. The van der Waals surface area contributed by atoms with Crippen LogP contribution >= 0.6 is 0 Å². The van der Waals surface area contributed by atoms with Crippen LogP contribution in [0.5, 0.6) is 5.75 Å². The lowest BCUT2D eigenvalue weighted by Gasteiger charge is -2.23. The highest BCUT2D eigenvalue weighted by Crippen LogP contribution is 2.25. The number of carbonyl (C=O) groups is 1. The largest absolute Gasteiger partial charge is 0.492 e. The smallest absolute Gasteiger partial charge is 0.244 e. The lowest BCUT2D eigenvalue weighted by Crippen LogP contribution is -2.48. The zero-order chi connectivity index (χ0) is 13.7. The summed E-state index contributed by atoms with van der Waals surface area (Å²) in [5.74, 6) is 0.608. The van der Waals surface area contributed by atoms with Gasteiger partial charge in [-0.15, -0.1) is 0 Å². The van der Waals surface area contributed by atoms with E-state index < -0.39 is 0 Å². The Morgan fingerprint density at radius 3 is 3.11 bits per heavy atom. The maximum absolute atomic E-state index is 12.1. The molecule has 1 aliphatic rings. The maximum atomic E-state index is 12.1. The molecule has 0 radical (unpaired) electrons. The third kappa shape index (κ3) is 3.68. The summed E-state index contributed by atoms with van der Waals surface area (Å²) in [4.78, 5) is 12.1. The van der Waals surface area contributed by atoms with Crippen LogP contribution in [0.25, 0.3) is 0 Å². The predicted molar refractivity (Wildman–Crippen MR) is 73.6 cm³/mol. The fourth-order valence-corrected chi connectivity index (χ4v) is 1.96. The Morgan fingerprint density at radius 2 is 2.42 bits per heavy atom. The van der Waals surface area contributed by atoms with Crippen molar-refractivity contribution >= 4 is 11.6 Å². The molecule has 1 aliphatic heterocycles. The Labute approximate surface area is 113 Å². The second kappa shape index (κ2) is 6.54. The third-order valence-corrected chi connectivity index (χ3v) is 2.93. The minimum Gasteiger partial charge on any atom is -0.492 e. The van der Waals surface area contributed by atoms with Crippen molar-refractivity contribution < 1.29 is 14.3 Å². The summed E-state index contributed by atoms with van der Waals surface area (Å²) in [6.45, 7) is 6.23. The van der Waals surface area contributed by atoms with Gasteiger partial charge in [0.2, 0.25) is 5.91 Å². The predicted octanol–water partition coefficient (Wildman–Crippen LogP) is 1.32. The molecule has 19 heavy (non-hydrogen) atoms. The van der Waals surface area contributed by atoms with Gasteiger partial charge in [0.1, 0.15) is 11.8 Å². The zero-order valence-electron chi connectivity index (χ0n) is 11.4. The molecule has 1 aromatic rings. The lowest BCUT2D eigenvalue weighted by molar-refractivity contribution is -0.120. The fraction of sp³-hybridized carbons (Fsp3) is 0.500. The maximum Gasteiger partial charge on any atom is 0.244 e. The van der Waals surface area contributed by atoms with E-state index >= 15 is 0 Å². The van der Waals surface area contributed by atoms with Gasteiger partial charge >= 0.3 is 0 Å². The summed E-state index contributed by atoms with van der Waals surface area (Å²) in [7, 11) is 0. The van der Waals surface area contributed by atoms with Crippen LogP contribution in [0.1, 0.15) is 12.5 Å². The average Bonchev–Trinajstić information content (AvgIpc) is 2.43. The van der Waals surface area contributed by atoms with Crippen LogP contribution in [-0.2, 0) is 9.53 Å². The molecule has 1 amide bonds. The second-order valence-corrected chi connectivity index (χ2v) is 4.50. The van der Waals surface area contributed by atoms with Crippen molar-refractivity contribution in [2.75, 3.05) is 31.7 Å². The SMILES string of the molecule is CCOc1cc(C)ccc1NC(=O)C1COCCN1. The number of amides is 1. The molecule has 0 aromatic heterocycles. The van der Waals surface area contributed by atoms with E-state index in [0.717, 1.165) is 5.56 Å². The zero-order valence-corrected chi connectivity index (χ0v) is 11.4. The van der Waals surface area contributed by atoms with Gasteiger partial charge in [-0.1, -0.05) is 6.07 Å². The average molecular weight is 264 g/mol. The van der Waals surface area contributed by atoms with E-state index in [1.54, 1.807) is 0 Å². The van der Waals surface area contributed by atoms with E-state index in [2.05, 4.69) is 10.6 Å². The van der Waals surface area contributed by atoms with Gasteiger partial charge in [-0.2, -0.15) is 0 Å². The Bertz CT molecular complexity index is 442. The number of aryl methyl sites for hydroxylation is 1. The first kappa shape index (κ1) is 13.8. The molecular weight excluding hydrogens is 244 g/mol. The van der Waals surface area contributed by atoms with Crippen molar-refractivity contribution in [3.63, 3.8) is 0 Å². The molecule has 1 saturated heterocycles. The van der Waals surface area contributed by atoms with E-state index in [4.69, 9.17) is 9.47 Å². The second-order valence-electron chi connectivity index (χ2n) is 4.50. The van der Waals surface area contributed by atoms with Crippen LogP contribution in [0.3, 0.4) is 0 Å². The first-order valence-corrected chi connectivity index (χ1v) is 6.56. The van der Waals surface area contributed by atoms with Crippen LogP contribution < -0.4 is 15.4 Å². The van der Waals surface area contributed by atoms with Crippen molar-refractivity contribution in [2.24, 2.45) is 0 Å². The van der Waals surface area contributed by atoms with Crippen molar-refractivity contribution in [2.45, 2.75) is 19.9 Å². The van der Waals surface area contributed by atoms with Crippen LogP contribution in [-0.4, -0.2) is 38.3 Å². The summed E-state index contributed by atoms with van der Waals surface area (Å²) >= 11 is 0. The molecule has 1 aromatic carbocycles. The highest BCUT2D eigenvalue weighted by Gasteiger charge is 2.22. The number of rotatable bonds is 4. The van der Waals surface area contributed by atoms with Crippen LogP contribution in [0.15, 0.2) is 18.2 Å². The monoisotopic (exact) mass is 264 g/mol. The van der Waals surface area contributed by atoms with E-state index in [0.29, 0.717) is 37.8 Å². The van der Waals surface area contributed by atoms with E-state index in [9.17, 15) is 4.79 Å². The molecule has 1 unspecified atom stereocenters. The van der Waals surface area contributed by atoms with Gasteiger partial charge in [0.15, 0.2) is 0 Å². The van der Waals surface area contributed by atoms with Crippen molar-refractivity contribution in [3.05, 3.63) is 23.8 Å². The number of anilines is 1. The summed E-state index contributed by atoms with van der Waals surface area (Å²) in [5.41, 5.74) is 1.80. The Balaban J connectivity index is 2.06. The number of benzene rings is 1. The Kier molecular flexibility index (Phi) is 4.76. The lowest BCUT2D eigenvalue weighted by atomic mass is 10.2. The fourth-order valence-electron chi connectivity index (χ4n) is 1.96. The molecule has 2 rings (SSSR count). The highest BCUT2D eigenvalue weighted by atomic mass is 16.5. The van der Waals surface area contributed by atoms with E-state index in [-0.39, 0.29) is 11.9 Å². The summed E-state index contributed by atoms with van der Waals surface area (Å²) in [5, 5.41) is 6.01. The molecule has 1 heterocycles. The molecule has 2 N–H and O–H groups in total. The Hall–Kier alpha value is -1.59. The van der Waals surface area contributed by atoms with Crippen molar-refractivity contribution in [1.82, 2.24) is 5.32 Å². The van der Waals surface area contributed by atoms with Gasteiger partial charge in [-0.05, 0) is 31.5 Å². The molecule has 104 valence electrons. The van der Waals surface area contributed by atoms with Crippen molar-refractivity contribution in [1.29, 1.82) is 0 Å². The molecule has 0 aliphatic carbocycles. The highest BCUT2D eigenvalue weighted by molar-refractivity contribution is 5.96. The van der Waals surface area contributed by atoms with Gasteiger partial charge in [-0.25, -0.2) is 0 Å². The van der Waals surface area contributed by atoms with Gasteiger partial charge in [0.05, 0.1) is 25.5 Å². The minimum atomic E-state index is -0.301. The normalized spacial score (nSPS) is 18.9. The molecule has 0 spiro atoms. The molecule has 5 heteroatoms. The molecular formula is C14H20N2O3. The van der Waals surface area contributed by atoms with E-state index in [1.807, 2.05) is 32.0 Å². The van der Waals surface area contributed by atoms with Gasteiger partial charge in [-0.3, -0.25) is 4.79 Å². The van der Waals surface area contributed by atoms with Crippen LogP contribution in [0, 0.1) is 6.92 Å². The minimum absolute atomic E-state index is 0.0930.